The summed E-state index contributed by atoms with van der Waals surface area (Å²) in [5.41, 5.74) is 2.62. The van der Waals surface area contributed by atoms with Crippen LogP contribution in [-0.2, 0) is 6.42 Å². The van der Waals surface area contributed by atoms with Gasteiger partial charge in [-0.2, -0.15) is 0 Å². The molecule has 1 amide bonds. The van der Waals surface area contributed by atoms with Crippen LogP contribution in [0.1, 0.15) is 22.8 Å². The molecule has 1 unspecified atom stereocenters. The zero-order chi connectivity index (χ0) is 17.8. The molecule has 2 aromatic carbocycles. The van der Waals surface area contributed by atoms with Crippen LogP contribution in [0.4, 0.5) is 0 Å². The largest absolute Gasteiger partial charge is 0.508 e. The molecule has 1 N–H and O–H groups in total. The number of nitrogens with zero attached hydrogens (tertiary/aromatic N) is 4. The molecule has 6 heteroatoms. The highest BCUT2D eigenvalue weighted by atomic mass is 16.3. The van der Waals surface area contributed by atoms with Crippen molar-refractivity contribution in [2.75, 3.05) is 7.05 Å². The Morgan fingerprint density at radius 3 is 2.28 bits per heavy atom. The van der Waals surface area contributed by atoms with Gasteiger partial charge in [-0.25, -0.2) is 0 Å². The number of amides is 1. The number of aromatic nitrogens is 3. The molecule has 3 aromatic rings. The zero-order valence-corrected chi connectivity index (χ0v) is 14.2. The lowest BCUT2D eigenvalue weighted by molar-refractivity contribution is 0.0743. The van der Waals surface area contributed by atoms with Gasteiger partial charge in [0, 0.05) is 24.3 Å². The van der Waals surface area contributed by atoms with E-state index in [9.17, 15) is 9.90 Å². The van der Waals surface area contributed by atoms with Crippen molar-refractivity contribution in [1.29, 1.82) is 0 Å². The van der Waals surface area contributed by atoms with Crippen molar-refractivity contribution >= 4 is 5.91 Å². The highest BCUT2D eigenvalue weighted by Gasteiger charge is 2.18. The summed E-state index contributed by atoms with van der Waals surface area (Å²) in [5.74, 6) is 0.218. The molecule has 1 atom stereocenters. The van der Waals surface area contributed by atoms with Crippen LogP contribution in [0.2, 0.25) is 0 Å². The van der Waals surface area contributed by atoms with Gasteiger partial charge >= 0.3 is 0 Å². The summed E-state index contributed by atoms with van der Waals surface area (Å²) < 4.78 is 1.78. The summed E-state index contributed by atoms with van der Waals surface area (Å²) in [7, 11) is 1.81. The fourth-order valence-corrected chi connectivity index (χ4v) is 2.62. The first-order valence-electron chi connectivity index (χ1n) is 8.05. The minimum atomic E-state index is -0.0263. The number of rotatable bonds is 5. The van der Waals surface area contributed by atoms with Gasteiger partial charge in [0.05, 0.1) is 0 Å². The lowest BCUT2D eigenvalue weighted by Gasteiger charge is -2.25. The highest BCUT2D eigenvalue weighted by molar-refractivity contribution is 5.94. The Bertz CT molecular complexity index is 827. The minimum Gasteiger partial charge on any atom is -0.508 e. The van der Waals surface area contributed by atoms with E-state index >= 15 is 0 Å². The Labute approximate surface area is 146 Å². The highest BCUT2D eigenvalue weighted by Crippen LogP contribution is 2.15. The third kappa shape index (κ3) is 3.85. The van der Waals surface area contributed by atoms with Gasteiger partial charge in [-0.15, -0.1) is 10.2 Å². The van der Waals surface area contributed by atoms with Crippen LogP contribution in [0.3, 0.4) is 0 Å². The second-order valence-corrected chi connectivity index (χ2v) is 6.05. The Kier molecular flexibility index (Phi) is 4.79. The number of likely N-dealkylation sites (N-methyl/N-ethyl adjacent to an activating group) is 1. The van der Waals surface area contributed by atoms with Gasteiger partial charge in [0.25, 0.3) is 5.91 Å². The van der Waals surface area contributed by atoms with Crippen LogP contribution < -0.4 is 0 Å². The van der Waals surface area contributed by atoms with Gasteiger partial charge in [-0.1, -0.05) is 12.1 Å². The van der Waals surface area contributed by atoms with Gasteiger partial charge in [-0.05, 0) is 55.3 Å². The molecular formula is C19H20N4O2. The van der Waals surface area contributed by atoms with Gasteiger partial charge in [0.2, 0.25) is 0 Å². The molecule has 0 saturated heterocycles. The zero-order valence-electron chi connectivity index (χ0n) is 14.2. The summed E-state index contributed by atoms with van der Waals surface area (Å²) >= 11 is 0. The van der Waals surface area contributed by atoms with E-state index in [0.717, 1.165) is 17.7 Å². The van der Waals surface area contributed by atoms with E-state index in [4.69, 9.17) is 0 Å². The molecule has 3 rings (SSSR count). The lowest BCUT2D eigenvalue weighted by Crippen LogP contribution is -2.36. The molecule has 0 aliphatic rings. The number of aromatic hydroxyl groups is 1. The molecule has 0 radical (unpaired) electrons. The molecule has 0 aliphatic carbocycles. The number of carbonyl (C=O) groups excluding carboxylic acids is 1. The average molecular weight is 336 g/mol. The normalized spacial score (nSPS) is 11.9. The summed E-state index contributed by atoms with van der Waals surface area (Å²) in [6.45, 7) is 2.01. The van der Waals surface area contributed by atoms with Crippen LogP contribution in [0.5, 0.6) is 5.75 Å². The fraction of sp³-hybridized carbons (Fsp3) is 0.211. The average Bonchev–Trinajstić information content (AvgIpc) is 3.17. The molecule has 0 saturated carbocycles. The van der Waals surface area contributed by atoms with Crippen molar-refractivity contribution in [1.82, 2.24) is 19.7 Å². The van der Waals surface area contributed by atoms with E-state index in [-0.39, 0.29) is 17.7 Å². The maximum atomic E-state index is 12.7. The van der Waals surface area contributed by atoms with Crippen molar-refractivity contribution in [3.05, 3.63) is 72.3 Å². The van der Waals surface area contributed by atoms with Crippen molar-refractivity contribution in [3.63, 3.8) is 0 Å². The van der Waals surface area contributed by atoms with Crippen molar-refractivity contribution in [2.24, 2.45) is 0 Å². The predicted octanol–water partition coefficient (Wildman–Crippen LogP) is 2.68. The SMILES string of the molecule is CC(Cc1ccc(O)cc1)N(C)C(=O)c1ccc(-n2cnnc2)cc1. The molecular weight excluding hydrogens is 316 g/mol. The Hall–Kier alpha value is -3.15. The number of hydrogen-bond donors (Lipinski definition) is 1. The Morgan fingerprint density at radius 1 is 1.08 bits per heavy atom. The quantitative estimate of drug-likeness (QED) is 0.777. The van der Waals surface area contributed by atoms with E-state index in [1.807, 2.05) is 31.2 Å². The van der Waals surface area contributed by atoms with Crippen molar-refractivity contribution in [3.8, 4) is 11.4 Å². The number of benzene rings is 2. The smallest absolute Gasteiger partial charge is 0.253 e. The van der Waals surface area contributed by atoms with Crippen molar-refractivity contribution in [2.45, 2.75) is 19.4 Å². The summed E-state index contributed by atoms with van der Waals surface area (Å²) in [4.78, 5) is 14.4. The van der Waals surface area contributed by atoms with Crippen LogP contribution >= 0.6 is 0 Å². The third-order valence-electron chi connectivity index (χ3n) is 4.28. The standard InChI is InChI=1S/C19H20N4O2/c1-14(11-15-3-9-18(24)10-4-15)22(2)19(25)16-5-7-17(8-6-16)23-12-20-21-13-23/h3-10,12-14,24H,11H2,1-2H3. The van der Waals surface area contributed by atoms with E-state index in [2.05, 4.69) is 10.2 Å². The second kappa shape index (κ2) is 7.17. The third-order valence-corrected chi connectivity index (χ3v) is 4.28. The van der Waals surface area contributed by atoms with E-state index in [1.165, 1.54) is 0 Å². The molecule has 0 spiro atoms. The van der Waals surface area contributed by atoms with Gasteiger partial charge < -0.3 is 10.0 Å². The summed E-state index contributed by atoms with van der Waals surface area (Å²) in [6, 6.07) is 14.5. The molecule has 0 fully saturated rings. The Balaban J connectivity index is 1.67. The van der Waals surface area contributed by atoms with Gasteiger partial charge in [0.15, 0.2) is 0 Å². The molecule has 0 aliphatic heterocycles. The van der Waals surface area contributed by atoms with Crippen LogP contribution in [0.15, 0.2) is 61.2 Å². The number of hydrogen-bond acceptors (Lipinski definition) is 4. The lowest BCUT2D eigenvalue weighted by atomic mass is 10.1. The van der Waals surface area contributed by atoms with E-state index in [0.29, 0.717) is 5.56 Å². The predicted molar refractivity (Wildman–Crippen MR) is 94.7 cm³/mol. The number of phenolic OH excluding ortho intramolecular Hbond substituents is 1. The molecule has 1 heterocycles. The maximum Gasteiger partial charge on any atom is 0.253 e. The second-order valence-electron chi connectivity index (χ2n) is 6.05. The van der Waals surface area contributed by atoms with E-state index in [1.54, 1.807) is 53.4 Å². The van der Waals surface area contributed by atoms with Crippen LogP contribution in [-0.4, -0.2) is 43.8 Å². The maximum absolute atomic E-state index is 12.7. The first kappa shape index (κ1) is 16.7. The first-order chi connectivity index (χ1) is 12.0. The van der Waals surface area contributed by atoms with Gasteiger partial charge in [-0.3, -0.25) is 9.36 Å². The first-order valence-corrected chi connectivity index (χ1v) is 8.05. The number of carbonyl (C=O) groups is 1. The monoisotopic (exact) mass is 336 g/mol. The minimum absolute atomic E-state index is 0.0263. The molecule has 128 valence electrons. The van der Waals surface area contributed by atoms with E-state index < -0.39 is 0 Å². The topological polar surface area (TPSA) is 71.2 Å². The van der Waals surface area contributed by atoms with Crippen LogP contribution in [0, 0.1) is 0 Å². The number of phenols is 1. The fourth-order valence-electron chi connectivity index (χ4n) is 2.62. The molecule has 25 heavy (non-hydrogen) atoms. The molecule has 6 nitrogen and oxygen atoms in total. The van der Waals surface area contributed by atoms with Crippen molar-refractivity contribution < 1.29 is 9.90 Å². The summed E-state index contributed by atoms with van der Waals surface area (Å²) in [6.07, 6.45) is 3.95. The molecule has 0 bridgehead atoms. The Morgan fingerprint density at radius 2 is 1.68 bits per heavy atom. The van der Waals surface area contributed by atoms with Gasteiger partial charge in [0.1, 0.15) is 18.4 Å². The van der Waals surface area contributed by atoms with Crippen LogP contribution in [0.25, 0.3) is 5.69 Å². The molecule has 1 aromatic heterocycles. The summed E-state index contributed by atoms with van der Waals surface area (Å²) in [5, 5.41) is 16.9.